The van der Waals surface area contributed by atoms with E-state index >= 15 is 0 Å². The fourth-order valence-electron chi connectivity index (χ4n) is 1.74. The van der Waals surface area contributed by atoms with Gasteiger partial charge in [-0.1, -0.05) is 24.3 Å². The van der Waals surface area contributed by atoms with Gasteiger partial charge in [0.05, 0.1) is 6.61 Å². The zero-order chi connectivity index (χ0) is 12.6. The van der Waals surface area contributed by atoms with Crippen molar-refractivity contribution >= 4 is 0 Å². The van der Waals surface area contributed by atoms with E-state index in [-0.39, 0.29) is 5.56 Å². The van der Waals surface area contributed by atoms with Crippen LogP contribution in [0.15, 0.2) is 59.5 Å². The third-order valence-corrected chi connectivity index (χ3v) is 2.70. The summed E-state index contributed by atoms with van der Waals surface area (Å²) < 4.78 is 7.31. The van der Waals surface area contributed by atoms with Crippen LogP contribution in [0.2, 0.25) is 0 Å². The van der Waals surface area contributed by atoms with Crippen LogP contribution >= 0.6 is 0 Å². The molecule has 0 saturated carbocycles. The second-order valence-electron chi connectivity index (χ2n) is 4.10. The average Bonchev–Trinajstić information content (AvgIpc) is 2.42. The van der Waals surface area contributed by atoms with Crippen molar-refractivity contribution in [3.63, 3.8) is 0 Å². The maximum Gasteiger partial charge on any atom is 0.250 e. The molecular weight excluding hydrogens is 226 g/mol. The first kappa shape index (κ1) is 12.4. The van der Waals surface area contributed by atoms with Crippen molar-refractivity contribution in [3.8, 4) is 5.75 Å². The van der Waals surface area contributed by atoms with E-state index in [9.17, 15) is 4.79 Å². The van der Waals surface area contributed by atoms with Gasteiger partial charge in [-0.3, -0.25) is 4.79 Å². The van der Waals surface area contributed by atoms with E-state index in [4.69, 9.17) is 4.74 Å². The second-order valence-corrected chi connectivity index (χ2v) is 4.10. The molecule has 0 amide bonds. The van der Waals surface area contributed by atoms with Gasteiger partial charge in [-0.25, -0.2) is 0 Å². The molecular formula is C15H17NO2. The normalized spacial score (nSPS) is 10.2. The summed E-state index contributed by atoms with van der Waals surface area (Å²) in [7, 11) is 0. The number of hydrogen-bond donors (Lipinski definition) is 0. The molecule has 0 unspecified atom stereocenters. The van der Waals surface area contributed by atoms with Crippen LogP contribution in [0.5, 0.6) is 5.75 Å². The Hall–Kier alpha value is -2.03. The number of aromatic nitrogens is 1. The standard InChI is InChI=1S/C15H17NO2/c17-15-10-4-5-11-16(15)12-6-7-13-18-14-8-2-1-3-9-14/h1-5,8-11H,6-7,12-13H2. The molecule has 1 aromatic heterocycles. The van der Waals surface area contributed by atoms with Crippen LogP contribution in [-0.2, 0) is 6.54 Å². The van der Waals surface area contributed by atoms with Crippen molar-refractivity contribution in [2.24, 2.45) is 0 Å². The lowest BCUT2D eigenvalue weighted by Gasteiger charge is -2.07. The highest BCUT2D eigenvalue weighted by molar-refractivity contribution is 5.20. The van der Waals surface area contributed by atoms with Crippen LogP contribution in [0.4, 0.5) is 0 Å². The smallest absolute Gasteiger partial charge is 0.250 e. The molecule has 0 aliphatic rings. The fourth-order valence-corrected chi connectivity index (χ4v) is 1.74. The zero-order valence-corrected chi connectivity index (χ0v) is 10.3. The molecule has 0 fully saturated rings. The number of unbranched alkanes of at least 4 members (excludes halogenated alkanes) is 1. The van der Waals surface area contributed by atoms with Crippen LogP contribution in [-0.4, -0.2) is 11.2 Å². The molecule has 0 bridgehead atoms. The van der Waals surface area contributed by atoms with E-state index in [1.165, 1.54) is 0 Å². The maximum atomic E-state index is 11.4. The summed E-state index contributed by atoms with van der Waals surface area (Å²) in [4.78, 5) is 11.4. The van der Waals surface area contributed by atoms with Crippen LogP contribution in [0.1, 0.15) is 12.8 Å². The first-order chi connectivity index (χ1) is 8.86. The number of benzene rings is 1. The summed E-state index contributed by atoms with van der Waals surface area (Å²) in [5.74, 6) is 0.898. The highest BCUT2D eigenvalue weighted by Crippen LogP contribution is 2.08. The lowest BCUT2D eigenvalue weighted by Crippen LogP contribution is -2.17. The fraction of sp³-hybridized carbons (Fsp3) is 0.267. The van der Waals surface area contributed by atoms with Gasteiger partial charge in [-0.05, 0) is 31.0 Å². The summed E-state index contributed by atoms with van der Waals surface area (Å²) in [6, 6.07) is 15.0. The lowest BCUT2D eigenvalue weighted by molar-refractivity contribution is 0.303. The van der Waals surface area contributed by atoms with E-state index in [0.717, 1.165) is 25.1 Å². The summed E-state index contributed by atoms with van der Waals surface area (Å²) in [6.45, 7) is 1.43. The lowest BCUT2D eigenvalue weighted by atomic mass is 10.3. The molecule has 0 radical (unpaired) electrons. The van der Waals surface area contributed by atoms with Crippen LogP contribution in [0.3, 0.4) is 0 Å². The highest BCUT2D eigenvalue weighted by Gasteiger charge is 1.95. The summed E-state index contributed by atoms with van der Waals surface area (Å²) in [5.41, 5.74) is 0.0569. The van der Waals surface area contributed by atoms with E-state index < -0.39 is 0 Å². The average molecular weight is 243 g/mol. The molecule has 2 aromatic rings. The Morgan fingerprint density at radius 1 is 0.944 bits per heavy atom. The minimum Gasteiger partial charge on any atom is -0.494 e. The number of aryl methyl sites for hydroxylation is 1. The zero-order valence-electron chi connectivity index (χ0n) is 10.3. The summed E-state index contributed by atoms with van der Waals surface area (Å²) in [5, 5.41) is 0. The second kappa shape index (κ2) is 6.64. The predicted octanol–water partition coefficient (Wildman–Crippen LogP) is 2.71. The van der Waals surface area contributed by atoms with Gasteiger partial charge in [0, 0.05) is 18.8 Å². The Morgan fingerprint density at radius 3 is 2.50 bits per heavy atom. The molecule has 2 rings (SSSR count). The van der Waals surface area contributed by atoms with Crippen molar-refractivity contribution in [1.82, 2.24) is 4.57 Å². The van der Waals surface area contributed by atoms with Crippen molar-refractivity contribution in [1.29, 1.82) is 0 Å². The topological polar surface area (TPSA) is 31.2 Å². The Kier molecular flexibility index (Phi) is 4.59. The van der Waals surface area contributed by atoms with E-state index in [2.05, 4.69) is 0 Å². The van der Waals surface area contributed by atoms with Crippen molar-refractivity contribution < 1.29 is 4.74 Å². The van der Waals surface area contributed by atoms with Gasteiger partial charge in [0.2, 0.25) is 5.56 Å². The number of para-hydroxylation sites is 1. The Bertz CT molecular complexity index is 519. The molecule has 0 aliphatic heterocycles. The maximum absolute atomic E-state index is 11.4. The highest BCUT2D eigenvalue weighted by atomic mass is 16.5. The number of ether oxygens (including phenoxy) is 1. The number of hydrogen-bond acceptors (Lipinski definition) is 2. The summed E-state index contributed by atoms with van der Waals surface area (Å²) in [6.07, 6.45) is 3.70. The van der Waals surface area contributed by atoms with Crippen molar-refractivity contribution in [2.75, 3.05) is 6.61 Å². The molecule has 1 aromatic carbocycles. The van der Waals surface area contributed by atoms with Gasteiger partial charge in [-0.15, -0.1) is 0 Å². The molecule has 0 saturated heterocycles. The van der Waals surface area contributed by atoms with Crippen molar-refractivity contribution in [3.05, 3.63) is 65.1 Å². The molecule has 0 N–H and O–H groups in total. The first-order valence-electron chi connectivity index (χ1n) is 6.19. The number of rotatable bonds is 6. The quantitative estimate of drug-likeness (QED) is 0.730. The third-order valence-electron chi connectivity index (χ3n) is 2.70. The largest absolute Gasteiger partial charge is 0.494 e. The molecule has 3 nitrogen and oxygen atoms in total. The number of pyridine rings is 1. The minimum atomic E-state index is 0.0569. The van der Waals surface area contributed by atoms with Crippen molar-refractivity contribution in [2.45, 2.75) is 19.4 Å². The third kappa shape index (κ3) is 3.77. The Balaban J connectivity index is 1.68. The minimum absolute atomic E-state index is 0.0569. The van der Waals surface area contributed by atoms with Gasteiger partial charge < -0.3 is 9.30 Å². The summed E-state index contributed by atoms with van der Waals surface area (Å²) >= 11 is 0. The molecule has 3 heteroatoms. The SMILES string of the molecule is O=c1ccccn1CCCCOc1ccccc1. The van der Waals surface area contributed by atoms with Gasteiger partial charge in [0.15, 0.2) is 0 Å². The number of nitrogens with zero attached hydrogens (tertiary/aromatic N) is 1. The van der Waals surface area contributed by atoms with Gasteiger partial charge in [0.1, 0.15) is 5.75 Å². The van der Waals surface area contributed by atoms with E-state index in [1.54, 1.807) is 16.7 Å². The molecule has 18 heavy (non-hydrogen) atoms. The molecule has 94 valence electrons. The molecule has 1 heterocycles. The van der Waals surface area contributed by atoms with Crippen LogP contribution in [0.25, 0.3) is 0 Å². The monoisotopic (exact) mass is 243 g/mol. The molecule has 0 spiro atoms. The van der Waals surface area contributed by atoms with E-state index in [1.807, 2.05) is 42.6 Å². The first-order valence-corrected chi connectivity index (χ1v) is 6.19. The van der Waals surface area contributed by atoms with Crippen LogP contribution < -0.4 is 10.3 Å². The Labute approximate surface area is 107 Å². The van der Waals surface area contributed by atoms with Gasteiger partial charge in [-0.2, -0.15) is 0 Å². The molecule has 0 atom stereocenters. The van der Waals surface area contributed by atoms with E-state index in [0.29, 0.717) is 6.61 Å². The van der Waals surface area contributed by atoms with Gasteiger partial charge in [0.25, 0.3) is 0 Å². The predicted molar refractivity (Wildman–Crippen MR) is 71.9 cm³/mol. The Morgan fingerprint density at radius 2 is 1.72 bits per heavy atom. The molecule has 0 aliphatic carbocycles. The van der Waals surface area contributed by atoms with Gasteiger partial charge >= 0.3 is 0 Å². The van der Waals surface area contributed by atoms with Crippen LogP contribution in [0, 0.1) is 0 Å².